The zero-order chi connectivity index (χ0) is 26.7. The Hall–Kier alpha value is -2.87. The largest absolute Gasteiger partial charge is 0.388 e. The van der Waals surface area contributed by atoms with Crippen LogP contribution in [-0.4, -0.2) is 35.7 Å². The molecule has 1 aliphatic heterocycles. The lowest BCUT2D eigenvalue weighted by molar-refractivity contribution is 0.102. The summed E-state index contributed by atoms with van der Waals surface area (Å²) in [5.74, 6) is 0.395. The minimum Gasteiger partial charge on any atom is -0.388 e. The van der Waals surface area contributed by atoms with Crippen LogP contribution < -0.4 is 14.9 Å². The number of hydrogen-bond acceptors (Lipinski definition) is 4. The van der Waals surface area contributed by atoms with E-state index in [9.17, 15) is 13.8 Å². The van der Waals surface area contributed by atoms with Crippen molar-refractivity contribution in [3.05, 3.63) is 87.4 Å². The monoisotopic (exact) mass is 547 g/mol. The van der Waals surface area contributed by atoms with E-state index in [2.05, 4.69) is 10.6 Å². The Labute approximate surface area is 225 Å². The van der Waals surface area contributed by atoms with Gasteiger partial charge in [0.2, 0.25) is 0 Å². The van der Waals surface area contributed by atoms with Crippen LogP contribution in [0.4, 0.5) is 17.1 Å². The van der Waals surface area contributed by atoms with Crippen LogP contribution in [0.3, 0.4) is 0 Å². The molecule has 3 aromatic carbocycles. The van der Waals surface area contributed by atoms with Gasteiger partial charge in [-0.1, -0.05) is 55.2 Å². The zero-order valence-corrected chi connectivity index (χ0v) is 23.1. The normalized spacial score (nSPS) is 14.1. The predicted molar refractivity (Wildman–Crippen MR) is 153 cm³/mol. The Morgan fingerprint density at radius 2 is 1.81 bits per heavy atom. The zero-order valence-electron chi connectivity index (χ0n) is 20.8. The van der Waals surface area contributed by atoms with Gasteiger partial charge in [0.05, 0.1) is 16.3 Å². The van der Waals surface area contributed by atoms with Gasteiger partial charge in [-0.15, -0.1) is 0 Å². The van der Waals surface area contributed by atoms with Crippen molar-refractivity contribution < 1.29 is 13.8 Å². The Bertz CT molecular complexity index is 1220. The van der Waals surface area contributed by atoms with Gasteiger partial charge in [-0.05, 0) is 61.4 Å². The number of carbonyl (C=O) groups is 2. The van der Waals surface area contributed by atoms with E-state index < -0.39 is 11.0 Å². The molecule has 0 aromatic heterocycles. The van der Waals surface area contributed by atoms with Gasteiger partial charge < -0.3 is 10.6 Å². The smallest absolute Gasteiger partial charge is 0.257 e. The number of rotatable bonds is 5. The number of amides is 1. The Kier molecular flexibility index (Phi) is 11.9. The highest BCUT2D eigenvalue weighted by Gasteiger charge is 2.22. The van der Waals surface area contributed by atoms with E-state index in [1.54, 1.807) is 42.5 Å². The maximum Gasteiger partial charge on any atom is 0.257 e. The molecule has 1 heterocycles. The predicted octanol–water partition coefficient (Wildman–Crippen LogP) is 6.99. The summed E-state index contributed by atoms with van der Waals surface area (Å²) in [6.45, 7) is 6.74. The number of aryl methyl sites for hydroxylation is 1. The van der Waals surface area contributed by atoms with Crippen LogP contribution in [-0.2, 0) is 11.0 Å². The lowest BCUT2D eigenvalue weighted by atomic mass is 10.1. The van der Waals surface area contributed by atoms with Crippen molar-refractivity contribution >= 4 is 63.4 Å². The molecule has 0 bridgehead atoms. The fraction of sp³-hybridized carbons (Fsp3) is 0.259. The lowest BCUT2D eigenvalue weighted by Gasteiger charge is -2.17. The van der Waals surface area contributed by atoms with Crippen LogP contribution in [0.1, 0.15) is 46.5 Å². The molecule has 1 aliphatic rings. The summed E-state index contributed by atoms with van der Waals surface area (Å²) in [6, 6.07) is 17.6. The van der Waals surface area contributed by atoms with Gasteiger partial charge in [0.15, 0.2) is 0 Å². The van der Waals surface area contributed by atoms with Crippen molar-refractivity contribution in [3.8, 4) is 0 Å². The van der Waals surface area contributed by atoms with Crippen LogP contribution in [0.2, 0.25) is 10.0 Å². The van der Waals surface area contributed by atoms with Gasteiger partial charge in [-0.2, -0.15) is 0 Å². The first kappa shape index (κ1) is 29.4. The third-order valence-corrected chi connectivity index (χ3v) is 7.23. The fourth-order valence-corrected chi connectivity index (χ4v) is 5.12. The summed E-state index contributed by atoms with van der Waals surface area (Å²) in [6.07, 6.45) is 1.67. The number of anilines is 3. The summed E-state index contributed by atoms with van der Waals surface area (Å²) < 4.78 is 13.8. The molecular weight excluding hydrogens is 517 g/mol. The number of nitrogens with one attached hydrogen (secondary N) is 2. The molecule has 1 atom stereocenters. The van der Waals surface area contributed by atoms with Crippen LogP contribution in [0.15, 0.2) is 60.7 Å². The quantitative estimate of drug-likeness (QED) is 0.337. The molecule has 2 N–H and O–H groups in total. The first-order valence-corrected chi connectivity index (χ1v) is 13.6. The topological polar surface area (TPSA) is 78.5 Å². The Balaban J connectivity index is 0.000000347. The molecule has 192 valence electrons. The first-order valence-electron chi connectivity index (χ1n) is 11.6. The van der Waals surface area contributed by atoms with Gasteiger partial charge >= 0.3 is 0 Å². The van der Waals surface area contributed by atoms with Crippen molar-refractivity contribution in [3.63, 3.8) is 0 Å². The lowest BCUT2D eigenvalue weighted by Crippen LogP contribution is -2.20. The van der Waals surface area contributed by atoms with Crippen LogP contribution >= 0.6 is 23.2 Å². The summed E-state index contributed by atoms with van der Waals surface area (Å²) >= 11 is 11.9. The van der Waals surface area contributed by atoms with Gasteiger partial charge in [-0.3, -0.25) is 13.9 Å². The molecule has 0 saturated carbocycles. The highest BCUT2D eigenvalue weighted by molar-refractivity contribution is 7.86. The molecular formula is C27H31Cl2N3O3S. The molecule has 1 fully saturated rings. The second-order valence-electron chi connectivity index (χ2n) is 7.55. The Morgan fingerprint density at radius 3 is 2.36 bits per heavy atom. The summed E-state index contributed by atoms with van der Waals surface area (Å²) in [7, 11) is 0.832. The maximum absolute atomic E-state index is 12.5. The molecule has 1 unspecified atom stereocenters. The molecule has 0 spiro atoms. The Morgan fingerprint density at radius 1 is 1.06 bits per heavy atom. The number of carbonyl (C=O) groups excluding carboxylic acids is 2. The number of hydrogen-bond donors (Lipinski definition) is 2. The molecule has 9 heteroatoms. The van der Waals surface area contributed by atoms with Crippen LogP contribution in [0, 0.1) is 6.92 Å². The average Bonchev–Trinajstić information content (AvgIpc) is 3.32. The van der Waals surface area contributed by atoms with E-state index >= 15 is 0 Å². The molecule has 36 heavy (non-hydrogen) atoms. The molecule has 0 aliphatic carbocycles. The maximum atomic E-state index is 12.5. The first-order chi connectivity index (χ1) is 17.3. The van der Waals surface area contributed by atoms with Crippen molar-refractivity contribution in [1.82, 2.24) is 0 Å². The van der Waals surface area contributed by atoms with E-state index in [0.717, 1.165) is 36.2 Å². The number of halogens is 2. The summed E-state index contributed by atoms with van der Waals surface area (Å²) in [5.41, 5.74) is 4.53. The van der Waals surface area contributed by atoms with Gasteiger partial charge in [0.1, 0.15) is 17.3 Å². The molecule has 4 rings (SSSR count). The van der Waals surface area contributed by atoms with Crippen molar-refractivity contribution in [1.29, 1.82) is 0 Å². The minimum atomic E-state index is -1.01. The third-order valence-electron chi connectivity index (χ3n) is 5.16. The second-order valence-corrected chi connectivity index (χ2v) is 9.89. The highest BCUT2D eigenvalue weighted by Crippen LogP contribution is 2.28. The van der Waals surface area contributed by atoms with Gasteiger partial charge in [-0.25, -0.2) is 4.21 Å². The SMILES string of the molecule is CC.CNc1cc(NC(=O)c2ccc(N3CCCS3=O)cc2Cl)ccc1C.O=Cc1cccc(Cl)c1. The molecule has 1 saturated heterocycles. The van der Waals surface area contributed by atoms with E-state index in [1.165, 1.54) is 0 Å². The van der Waals surface area contributed by atoms with Gasteiger partial charge in [0, 0.05) is 41.3 Å². The van der Waals surface area contributed by atoms with Crippen LogP contribution in [0.25, 0.3) is 0 Å². The van der Waals surface area contributed by atoms with E-state index in [0.29, 0.717) is 32.6 Å². The van der Waals surface area contributed by atoms with Crippen molar-refractivity contribution in [2.75, 3.05) is 34.3 Å². The van der Waals surface area contributed by atoms with Gasteiger partial charge in [0.25, 0.3) is 5.91 Å². The van der Waals surface area contributed by atoms with Crippen molar-refractivity contribution in [2.45, 2.75) is 27.2 Å². The van der Waals surface area contributed by atoms with E-state index in [1.807, 2.05) is 50.3 Å². The summed E-state index contributed by atoms with van der Waals surface area (Å²) in [4.78, 5) is 22.6. The molecule has 0 radical (unpaired) electrons. The fourth-order valence-electron chi connectivity index (χ4n) is 3.38. The molecule has 1 amide bonds. The molecule has 3 aromatic rings. The summed E-state index contributed by atoms with van der Waals surface area (Å²) in [5, 5.41) is 6.90. The van der Waals surface area contributed by atoms with Crippen LogP contribution in [0.5, 0.6) is 0 Å². The number of nitrogens with zero attached hydrogens (tertiary/aromatic N) is 1. The minimum absolute atomic E-state index is 0.273. The molecule has 6 nitrogen and oxygen atoms in total. The number of aldehydes is 1. The third kappa shape index (κ3) is 8.08. The standard InChI is InChI=1S/C18H20ClN3O2S.C7H5ClO.C2H6/c1-12-4-5-13(10-17(12)20-2)21-18(23)15-7-6-14(11-16(15)19)22-8-3-9-25(22)24;8-7-3-1-2-6(4-7)5-9;1-2/h4-7,10-11,20H,3,8-9H2,1-2H3,(H,21,23);1-5H;1-2H3. The van der Waals surface area contributed by atoms with E-state index in [4.69, 9.17) is 23.2 Å². The van der Waals surface area contributed by atoms with Crippen molar-refractivity contribution in [2.24, 2.45) is 0 Å². The number of benzene rings is 3. The highest BCUT2D eigenvalue weighted by atomic mass is 35.5. The second kappa shape index (κ2) is 14.6. The van der Waals surface area contributed by atoms with E-state index in [-0.39, 0.29) is 5.91 Å². The average molecular weight is 549 g/mol.